The van der Waals surface area contributed by atoms with Crippen molar-refractivity contribution in [3.63, 3.8) is 0 Å². The van der Waals surface area contributed by atoms with E-state index in [0.717, 1.165) is 10.2 Å². The third-order valence-electron chi connectivity index (χ3n) is 2.11. The van der Waals surface area contributed by atoms with Crippen LogP contribution in [0.1, 0.15) is 13.8 Å². The molecule has 1 saturated heterocycles. The normalized spacial score (nSPS) is 20.7. The van der Waals surface area contributed by atoms with Crippen molar-refractivity contribution in [2.45, 2.75) is 13.8 Å². The lowest BCUT2D eigenvalue weighted by Gasteiger charge is -2.32. The van der Waals surface area contributed by atoms with Gasteiger partial charge in [-0.15, -0.1) is 0 Å². The Balaban J connectivity index is 1.89. The van der Waals surface area contributed by atoms with Crippen molar-refractivity contribution in [2.75, 3.05) is 13.2 Å². The molecule has 0 unspecified atom stereocenters. The summed E-state index contributed by atoms with van der Waals surface area (Å²) in [6.07, 6.45) is 0. The molecule has 2 rings (SSSR count). The van der Waals surface area contributed by atoms with E-state index < -0.39 is 8.60 Å². The summed E-state index contributed by atoms with van der Waals surface area (Å²) in [5, 5.41) is 0. The highest BCUT2D eigenvalue weighted by Gasteiger charge is 2.31. The highest BCUT2D eigenvalue weighted by Crippen LogP contribution is 2.46. The smallest absolute Gasteiger partial charge is 0.397 e. The van der Waals surface area contributed by atoms with Crippen LogP contribution in [0.15, 0.2) is 28.7 Å². The van der Waals surface area contributed by atoms with Crippen molar-refractivity contribution in [3.05, 3.63) is 28.7 Å². The summed E-state index contributed by atoms with van der Waals surface area (Å²) < 4.78 is 17.7. The highest BCUT2D eigenvalue weighted by atomic mass is 79.9. The Morgan fingerprint density at radius 1 is 1.19 bits per heavy atom. The minimum absolute atomic E-state index is 0.0852. The molecular formula is C11H14BrO3P. The summed E-state index contributed by atoms with van der Waals surface area (Å²) in [5.74, 6) is 0.772. The maximum atomic E-state index is 5.60. The van der Waals surface area contributed by atoms with E-state index in [1.54, 1.807) is 0 Å². The van der Waals surface area contributed by atoms with E-state index in [9.17, 15) is 0 Å². The first-order valence-electron chi connectivity index (χ1n) is 5.05. The van der Waals surface area contributed by atoms with Crippen LogP contribution in [0.4, 0.5) is 0 Å². The van der Waals surface area contributed by atoms with Crippen LogP contribution in [-0.2, 0) is 9.05 Å². The van der Waals surface area contributed by atoms with Gasteiger partial charge in [0.2, 0.25) is 0 Å². The number of hydrogen-bond acceptors (Lipinski definition) is 3. The van der Waals surface area contributed by atoms with Crippen LogP contribution in [0, 0.1) is 5.41 Å². The molecule has 1 aliphatic rings. The van der Waals surface area contributed by atoms with Gasteiger partial charge in [-0.05, 0) is 24.3 Å². The molecule has 0 atom stereocenters. The number of rotatable bonds is 2. The molecule has 88 valence electrons. The van der Waals surface area contributed by atoms with E-state index in [0.29, 0.717) is 13.2 Å². The van der Waals surface area contributed by atoms with Gasteiger partial charge in [-0.1, -0.05) is 29.8 Å². The number of halogens is 1. The maximum absolute atomic E-state index is 5.60. The second-order valence-electron chi connectivity index (χ2n) is 4.48. The van der Waals surface area contributed by atoms with Gasteiger partial charge in [-0.2, -0.15) is 0 Å². The minimum Gasteiger partial charge on any atom is -0.427 e. The van der Waals surface area contributed by atoms with Crippen molar-refractivity contribution in [1.82, 2.24) is 0 Å². The number of benzene rings is 1. The summed E-state index contributed by atoms with van der Waals surface area (Å²) in [5.41, 5.74) is 0.0852. The molecule has 1 fully saturated rings. The Bertz CT molecular complexity index is 343. The molecule has 0 saturated carbocycles. The molecule has 16 heavy (non-hydrogen) atoms. The van der Waals surface area contributed by atoms with E-state index in [4.69, 9.17) is 13.6 Å². The SMILES string of the molecule is CC1(C)COP(Oc2ccc(Br)cc2)OC1. The average molecular weight is 305 g/mol. The van der Waals surface area contributed by atoms with Crippen molar-refractivity contribution in [2.24, 2.45) is 5.41 Å². The van der Waals surface area contributed by atoms with Gasteiger partial charge >= 0.3 is 8.60 Å². The van der Waals surface area contributed by atoms with Gasteiger partial charge in [0.05, 0.1) is 13.2 Å². The maximum Gasteiger partial charge on any atom is 0.397 e. The zero-order valence-corrected chi connectivity index (χ0v) is 11.8. The van der Waals surface area contributed by atoms with Crippen molar-refractivity contribution in [1.29, 1.82) is 0 Å². The zero-order chi connectivity index (χ0) is 11.6. The molecular weight excluding hydrogens is 291 g/mol. The van der Waals surface area contributed by atoms with E-state index in [1.165, 1.54) is 0 Å². The predicted molar refractivity (Wildman–Crippen MR) is 67.4 cm³/mol. The molecule has 5 heteroatoms. The fourth-order valence-electron chi connectivity index (χ4n) is 1.17. The molecule has 1 aromatic rings. The Hall–Kier alpha value is -0.150. The van der Waals surface area contributed by atoms with Gasteiger partial charge < -0.3 is 13.6 Å². The summed E-state index contributed by atoms with van der Waals surface area (Å²) in [7, 11) is -1.23. The quantitative estimate of drug-likeness (QED) is 0.769. The Morgan fingerprint density at radius 2 is 1.75 bits per heavy atom. The molecule has 0 bridgehead atoms. The first-order chi connectivity index (χ1) is 7.55. The lowest BCUT2D eigenvalue weighted by atomic mass is 9.97. The van der Waals surface area contributed by atoms with Gasteiger partial charge in [0, 0.05) is 9.89 Å². The fraction of sp³-hybridized carbons (Fsp3) is 0.455. The van der Waals surface area contributed by atoms with E-state index in [2.05, 4.69) is 29.8 Å². The van der Waals surface area contributed by atoms with Crippen molar-refractivity contribution >= 4 is 24.5 Å². The zero-order valence-electron chi connectivity index (χ0n) is 9.27. The second-order valence-corrected chi connectivity index (χ2v) is 6.54. The van der Waals surface area contributed by atoms with Gasteiger partial charge in [-0.25, -0.2) is 0 Å². The number of hydrogen-bond donors (Lipinski definition) is 0. The van der Waals surface area contributed by atoms with Crippen LogP contribution in [-0.4, -0.2) is 13.2 Å². The standard InChI is InChI=1S/C11H14BrO3P/c1-11(2)7-13-16(14-8-11)15-10-5-3-9(12)4-6-10/h3-6H,7-8H2,1-2H3. The molecule has 1 aliphatic heterocycles. The van der Waals surface area contributed by atoms with Crippen molar-refractivity contribution < 1.29 is 13.6 Å². The molecule has 0 aliphatic carbocycles. The van der Waals surface area contributed by atoms with E-state index >= 15 is 0 Å². The molecule has 0 N–H and O–H groups in total. The van der Waals surface area contributed by atoms with Gasteiger partial charge in [0.15, 0.2) is 0 Å². The van der Waals surface area contributed by atoms with Crippen LogP contribution >= 0.6 is 24.5 Å². The molecule has 3 nitrogen and oxygen atoms in total. The summed E-state index contributed by atoms with van der Waals surface area (Å²) >= 11 is 3.37. The second kappa shape index (κ2) is 5.01. The first-order valence-corrected chi connectivity index (χ1v) is 6.94. The summed E-state index contributed by atoms with van der Waals surface area (Å²) in [6, 6.07) is 7.63. The molecule has 0 aromatic heterocycles. The molecule has 0 spiro atoms. The van der Waals surface area contributed by atoms with Crippen LogP contribution in [0.25, 0.3) is 0 Å². The lowest BCUT2D eigenvalue weighted by Crippen LogP contribution is -2.28. The van der Waals surface area contributed by atoms with Crippen LogP contribution < -0.4 is 4.52 Å². The Morgan fingerprint density at radius 3 is 2.31 bits per heavy atom. The lowest BCUT2D eigenvalue weighted by molar-refractivity contribution is 0.0426. The minimum atomic E-state index is -1.23. The third-order valence-corrected chi connectivity index (χ3v) is 3.68. The topological polar surface area (TPSA) is 27.7 Å². The third kappa shape index (κ3) is 3.42. The first kappa shape index (κ1) is 12.3. The van der Waals surface area contributed by atoms with Crippen LogP contribution in [0.5, 0.6) is 5.75 Å². The largest absolute Gasteiger partial charge is 0.427 e. The summed E-state index contributed by atoms with van der Waals surface area (Å²) in [6.45, 7) is 5.57. The molecule has 1 heterocycles. The molecule has 0 amide bonds. The van der Waals surface area contributed by atoms with Gasteiger partial charge in [-0.3, -0.25) is 0 Å². The molecule has 1 aromatic carbocycles. The van der Waals surface area contributed by atoms with Crippen molar-refractivity contribution in [3.8, 4) is 5.75 Å². The average Bonchev–Trinajstić information content (AvgIpc) is 2.24. The monoisotopic (exact) mass is 304 g/mol. The summed E-state index contributed by atoms with van der Waals surface area (Å²) in [4.78, 5) is 0. The Labute approximate surface area is 105 Å². The Kier molecular flexibility index (Phi) is 3.85. The molecule has 0 radical (unpaired) electrons. The van der Waals surface area contributed by atoms with Crippen LogP contribution in [0.2, 0.25) is 0 Å². The van der Waals surface area contributed by atoms with Gasteiger partial charge in [0.25, 0.3) is 0 Å². The van der Waals surface area contributed by atoms with Gasteiger partial charge in [0.1, 0.15) is 5.75 Å². The fourth-order valence-corrected chi connectivity index (χ4v) is 2.82. The predicted octanol–water partition coefficient (Wildman–Crippen LogP) is 4.13. The van der Waals surface area contributed by atoms with Crippen LogP contribution in [0.3, 0.4) is 0 Å². The van der Waals surface area contributed by atoms with E-state index in [-0.39, 0.29) is 5.41 Å². The highest BCUT2D eigenvalue weighted by molar-refractivity contribution is 9.10. The van der Waals surface area contributed by atoms with E-state index in [1.807, 2.05) is 24.3 Å².